The highest BCUT2D eigenvalue weighted by Crippen LogP contribution is 2.86. The maximum absolute atomic E-state index is 10.4. The summed E-state index contributed by atoms with van der Waals surface area (Å²) in [4.78, 5) is 4.70. The van der Waals surface area contributed by atoms with Crippen molar-refractivity contribution in [2.75, 3.05) is 32.8 Å². The Bertz CT molecular complexity index is 933. The first-order valence-corrected chi connectivity index (χ1v) is 11.2. The van der Waals surface area contributed by atoms with E-state index in [1.165, 1.54) is 0 Å². The summed E-state index contributed by atoms with van der Waals surface area (Å²) in [6.07, 6.45) is 0. The van der Waals surface area contributed by atoms with Crippen LogP contribution in [0.5, 0.6) is 17.2 Å². The normalized spacial score (nSPS) is 28.5. The lowest BCUT2D eigenvalue weighted by Gasteiger charge is -2.31. The van der Waals surface area contributed by atoms with Crippen molar-refractivity contribution in [3.05, 3.63) is 17.7 Å². The molecule has 3 unspecified atom stereocenters. The summed E-state index contributed by atoms with van der Waals surface area (Å²) in [5.41, 5.74) is 4.75. The fourth-order valence-corrected chi connectivity index (χ4v) is 7.75. The van der Waals surface area contributed by atoms with Crippen LogP contribution in [-0.4, -0.2) is 42.9 Å². The van der Waals surface area contributed by atoms with E-state index in [0.29, 0.717) is 22.8 Å². The molecule has 3 atom stereocenters. The van der Waals surface area contributed by atoms with E-state index in [2.05, 4.69) is 12.1 Å². The molecule has 0 aromatic heterocycles. The van der Waals surface area contributed by atoms with Gasteiger partial charge in [-0.05, 0) is 17.6 Å². The molecule has 1 aromatic carbocycles. The van der Waals surface area contributed by atoms with Gasteiger partial charge in [0.05, 0.1) is 33.5 Å². The molecule has 154 valence electrons. The molecule has 2 aliphatic rings. The van der Waals surface area contributed by atoms with Gasteiger partial charge in [-0.2, -0.15) is 10.5 Å². The molecule has 1 fully saturated rings. The van der Waals surface area contributed by atoms with Gasteiger partial charge in [-0.1, -0.05) is 13.8 Å². The predicted molar refractivity (Wildman–Crippen MR) is 116 cm³/mol. The number of fused-ring (bicyclic) bond motifs is 1. The molecule has 3 rings (SSSR count). The number of rotatable bonds is 8. The number of benzene rings is 1. The van der Waals surface area contributed by atoms with Crippen LogP contribution < -0.4 is 19.9 Å². The van der Waals surface area contributed by atoms with Crippen molar-refractivity contribution < 1.29 is 14.2 Å². The number of methoxy groups -OCH3 is 3. The molecule has 2 N–H and O–H groups in total. The molecular formula is C20H24N4O3S2. The zero-order valence-electron chi connectivity index (χ0n) is 17.1. The van der Waals surface area contributed by atoms with Gasteiger partial charge in [0.15, 0.2) is 15.7 Å². The number of hydrogen-bond donors (Lipinski definition) is 1. The maximum atomic E-state index is 10.4. The van der Waals surface area contributed by atoms with Crippen molar-refractivity contribution >= 4 is 29.4 Å². The quantitative estimate of drug-likeness (QED) is 0.622. The first kappa shape index (κ1) is 21.5. The minimum Gasteiger partial charge on any atom is -0.496 e. The van der Waals surface area contributed by atoms with Gasteiger partial charge in [-0.25, -0.2) is 4.99 Å². The first-order chi connectivity index (χ1) is 13.9. The number of nitrogens with zero attached hydrogens (tertiary/aromatic N) is 3. The predicted octanol–water partition coefficient (Wildman–Crippen LogP) is 3.36. The van der Waals surface area contributed by atoms with Gasteiger partial charge >= 0.3 is 0 Å². The van der Waals surface area contributed by atoms with Crippen LogP contribution in [0.1, 0.15) is 25.3 Å². The third kappa shape index (κ3) is 2.47. The second kappa shape index (κ2) is 7.55. The average molecular weight is 433 g/mol. The Morgan fingerprint density at radius 2 is 1.55 bits per heavy atom. The van der Waals surface area contributed by atoms with Gasteiger partial charge in [0.2, 0.25) is 0 Å². The number of aliphatic imine (C=N–C) groups is 1. The lowest BCUT2D eigenvalue weighted by molar-refractivity contribution is 0.347. The third-order valence-electron chi connectivity index (χ3n) is 5.65. The van der Waals surface area contributed by atoms with E-state index in [1.54, 1.807) is 57.0 Å². The second-order valence-corrected chi connectivity index (χ2v) is 9.84. The van der Waals surface area contributed by atoms with Gasteiger partial charge in [0, 0.05) is 17.5 Å². The molecule has 0 spiro atoms. The largest absolute Gasteiger partial charge is 0.496 e. The van der Waals surface area contributed by atoms with Gasteiger partial charge in [-0.15, -0.1) is 23.5 Å². The number of ether oxygens (including phenoxy) is 3. The zero-order chi connectivity index (χ0) is 21.4. The molecule has 1 aliphatic carbocycles. The molecule has 1 aromatic rings. The van der Waals surface area contributed by atoms with Crippen molar-refractivity contribution in [2.45, 2.75) is 24.0 Å². The first-order valence-electron chi connectivity index (χ1n) is 9.19. The monoisotopic (exact) mass is 432 g/mol. The number of nitrogens with two attached hydrogens (primary N) is 1. The Kier molecular flexibility index (Phi) is 5.59. The Labute approximate surface area is 179 Å². The van der Waals surface area contributed by atoms with Crippen molar-refractivity contribution in [1.29, 1.82) is 10.5 Å². The van der Waals surface area contributed by atoms with Crippen molar-refractivity contribution in [3.63, 3.8) is 0 Å². The average Bonchev–Trinajstić information content (AvgIpc) is 3.31. The molecule has 1 heterocycles. The van der Waals surface area contributed by atoms with Crippen LogP contribution >= 0.6 is 23.5 Å². The molecule has 9 heteroatoms. The van der Waals surface area contributed by atoms with E-state index in [9.17, 15) is 10.5 Å². The molecule has 0 bridgehead atoms. The topological polar surface area (TPSA) is 114 Å². The zero-order valence-corrected chi connectivity index (χ0v) is 18.7. The van der Waals surface area contributed by atoms with Crippen molar-refractivity contribution in [2.24, 2.45) is 21.6 Å². The van der Waals surface area contributed by atoms with Crippen LogP contribution in [0.25, 0.3) is 0 Å². The lowest BCUT2D eigenvalue weighted by atomic mass is 9.97. The minimum absolute atomic E-state index is 0.213. The summed E-state index contributed by atoms with van der Waals surface area (Å²) in [6.45, 7) is 4.03. The van der Waals surface area contributed by atoms with E-state index in [0.717, 1.165) is 11.5 Å². The smallest absolute Gasteiger partial charge is 0.175 e. The summed E-state index contributed by atoms with van der Waals surface area (Å²) in [7, 11) is 4.64. The number of hydrogen-bond acceptors (Lipinski definition) is 9. The molecule has 29 heavy (non-hydrogen) atoms. The van der Waals surface area contributed by atoms with E-state index in [1.807, 2.05) is 13.8 Å². The summed E-state index contributed by atoms with van der Waals surface area (Å²) < 4.78 is 15.6. The van der Waals surface area contributed by atoms with E-state index >= 15 is 0 Å². The Hall–Kier alpha value is -2.23. The highest BCUT2D eigenvalue weighted by Gasteiger charge is 2.92. The van der Waals surface area contributed by atoms with Gasteiger partial charge < -0.3 is 19.9 Å². The van der Waals surface area contributed by atoms with Crippen LogP contribution in [-0.2, 0) is 0 Å². The molecule has 7 nitrogen and oxygen atoms in total. The van der Waals surface area contributed by atoms with E-state index < -0.39 is 21.0 Å². The van der Waals surface area contributed by atoms with Crippen LogP contribution in [0.2, 0.25) is 0 Å². The van der Waals surface area contributed by atoms with Crippen molar-refractivity contribution in [3.8, 4) is 29.4 Å². The Morgan fingerprint density at radius 1 is 1.00 bits per heavy atom. The highest BCUT2D eigenvalue weighted by atomic mass is 32.2. The Morgan fingerprint density at radius 3 is 2.00 bits per heavy atom. The number of thioether (sulfide) groups is 2. The summed E-state index contributed by atoms with van der Waals surface area (Å²) in [5, 5.41) is 20.7. The van der Waals surface area contributed by atoms with Crippen LogP contribution in [0.4, 0.5) is 0 Å². The van der Waals surface area contributed by atoms with Crippen LogP contribution in [0, 0.1) is 33.5 Å². The summed E-state index contributed by atoms with van der Waals surface area (Å²) in [6, 6.07) is 8.33. The van der Waals surface area contributed by atoms with Crippen LogP contribution in [0.15, 0.2) is 17.1 Å². The number of nitriles is 2. The molecular weight excluding hydrogens is 408 g/mol. The van der Waals surface area contributed by atoms with Crippen LogP contribution in [0.3, 0.4) is 0 Å². The van der Waals surface area contributed by atoms with Gasteiger partial charge in [0.1, 0.15) is 22.4 Å². The van der Waals surface area contributed by atoms with E-state index in [-0.39, 0.29) is 5.84 Å². The molecule has 0 radical (unpaired) electrons. The molecule has 0 amide bonds. The maximum Gasteiger partial charge on any atom is 0.175 e. The fraction of sp³-hybridized carbons (Fsp3) is 0.550. The second-order valence-electron chi connectivity index (χ2n) is 6.67. The molecule has 0 saturated heterocycles. The summed E-state index contributed by atoms with van der Waals surface area (Å²) in [5.74, 6) is 2.74. The lowest BCUT2D eigenvalue weighted by Crippen LogP contribution is -2.31. The minimum atomic E-state index is -1.21. The Balaban J connectivity index is 2.29. The standard InChI is InChI=1S/C20H24N4O3S2/c1-6-28-20(29-7-2)19(11-22)16(18(19,10-21)17(23)24-20)12-8-14(26-4)15(27-5)9-13(12)25-3/h8-9,16H,6-7H2,1-5H3,(H2,23,24). The SMILES string of the molecule is CCSC1(SCC)N=C(N)C2(C#N)C(c3cc(OC)c(OC)cc3OC)C12C#N. The van der Waals surface area contributed by atoms with Gasteiger partial charge in [0.25, 0.3) is 0 Å². The molecule has 1 aliphatic heterocycles. The van der Waals surface area contributed by atoms with Crippen molar-refractivity contribution in [1.82, 2.24) is 0 Å². The van der Waals surface area contributed by atoms with E-state index in [4.69, 9.17) is 24.9 Å². The highest BCUT2D eigenvalue weighted by molar-refractivity contribution is 8.18. The van der Waals surface area contributed by atoms with Gasteiger partial charge in [-0.3, -0.25) is 0 Å². The summed E-state index contributed by atoms with van der Waals surface area (Å²) >= 11 is 3.11. The fourth-order valence-electron chi connectivity index (χ4n) is 4.49. The third-order valence-corrected chi connectivity index (χ3v) is 8.55. The number of amidine groups is 1. The molecule has 1 saturated carbocycles.